The molecule has 1 aliphatic carbocycles. The van der Waals surface area contributed by atoms with Gasteiger partial charge in [0.05, 0.1) is 5.69 Å². The number of anilines is 1. The summed E-state index contributed by atoms with van der Waals surface area (Å²) in [6, 6.07) is 2.87. The maximum Gasteiger partial charge on any atom is 0.169 e. The van der Waals surface area contributed by atoms with Gasteiger partial charge in [0.1, 0.15) is 11.6 Å². The summed E-state index contributed by atoms with van der Waals surface area (Å²) < 4.78 is 0. The van der Waals surface area contributed by atoms with Crippen molar-refractivity contribution in [1.29, 1.82) is 5.26 Å². The van der Waals surface area contributed by atoms with Gasteiger partial charge >= 0.3 is 0 Å². The fourth-order valence-corrected chi connectivity index (χ4v) is 3.01. The van der Waals surface area contributed by atoms with Crippen LogP contribution in [-0.2, 0) is 0 Å². The first-order valence-corrected chi connectivity index (χ1v) is 8.05. The molecule has 1 aromatic heterocycles. The van der Waals surface area contributed by atoms with Crippen molar-refractivity contribution in [3.05, 3.63) is 16.8 Å². The lowest BCUT2D eigenvalue weighted by molar-refractivity contribution is 0.522. The first kappa shape index (κ1) is 15.8. The Bertz CT molecular complexity index is 524. The summed E-state index contributed by atoms with van der Waals surface area (Å²) in [5.41, 5.74) is 2.53. The molecule has 1 heterocycles. The Balaban J connectivity index is 2.36. The van der Waals surface area contributed by atoms with Crippen molar-refractivity contribution in [3.63, 3.8) is 0 Å². The van der Waals surface area contributed by atoms with Crippen LogP contribution in [0.5, 0.6) is 0 Å². The Hall–Kier alpha value is -1.63. The summed E-state index contributed by atoms with van der Waals surface area (Å²) in [6.45, 7) is 9.34. The van der Waals surface area contributed by atoms with Crippen molar-refractivity contribution in [3.8, 4) is 6.07 Å². The first-order valence-electron chi connectivity index (χ1n) is 8.05. The molecule has 0 saturated heterocycles. The topological polar surface area (TPSA) is 52.8 Å². The fourth-order valence-electron chi connectivity index (χ4n) is 3.01. The fraction of sp³-hybridized carbons (Fsp3) is 0.706. The van der Waals surface area contributed by atoms with Gasteiger partial charge in [-0.1, -0.05) is 26.7 Å². The average Bonchev–Trinajstić information content (AvgIpc) is 2.97. The highest BCUT2D eigenvalue weighted by molar-refractivity contribution is 5.58. The van der Waals surface area contributed by atoms with E-state index in [2.05, 4.69) is 35.0 Å². The zero-order chi connectivity index (χ0) is 15.4. The molecule has 0 amide bonds. The van der Waals surface area contributed by atoms with Crippen molar-refractivity contribution in [2.24, 2.45) is 5.92 Å². The molecule has 4 nitrogen and oxygen atoms in total. The van der Waals surface area contributed by atoms with Crippen LogP contribution in [0.25, 0.3) is 0 Å². The predicted molar refractivity (Wildman–Crippen MR) is 85.3 cm³/mol. The first-order chi connectivity index (χ1) is 10.0. The van der Waals surface area contributed by atoms with Gasteiger partial charge in [0.15, 0.2) is 5.82 Å². The highest BCUT2D eigenvalue weighted by Gasteiger charge is 2.27. The maximum atomic E-state index is 9.55. The molecule has 0 unspecified atom stereocenters. The van der Waals surface area contributed by atoms with Crippen molar-refractivity contribution in [1.82, 2.24) is 10.2 Å². The molecule has 0 atom stereocenters. The second-order valence-corrected chi connectivity index (χ2v) is 6.54. The molecule has 1 saturated carbocycles. The van der Waals surface area contributed by atoms with Gasteiger partial charge in [0.2, 0.25) is 0 Å². The standard InChI is InChI=1S/C17H26N4/c1-12(2)9-10-21(15-7-5-6-8-15)17-16(11-18)13(3)14(4)19-20-17/h12,15H,5-10H2,1-4H3. The smallest absolute Gasteiger partial charge is 0.169 e. The van der Waals surface area contributed by atoms with Crippen molar-refractivity contribution in [2.75, 3.05) is 11.4 Å². The minimum Gasteiger partial charge on any atom is -0.351 e. The Kier molecular flexibility index (Phi) is 5.17. The van der Waals surface area contributed by atoms with E-state index in [0.29, 0.717) is 17.5 Å². The van der Waals surface area contributed by atoms with Gasteiger partial charge in [0.25, 0.3) is 0 Å². The van der Waals surface area contributed by atoms with Crippen LogP contribution in [0.4, 0.5) is 5.82 Å². The van der Waals surface area contributed by atoms with Crippen LogP contribution in [0.15, 0.2) is 0 Å². The molecule has 0 aromatic carbocycles. The Labute approximate surface area is 128 Å². The highest BCUT2D eigenvalue weighted by atomic mass is 15.3. The monoisotopic (exact) mass is 286 g/mol. The SMILES string of the molecule is Cc1nnc(N(CCC(C)C)C2CCCC2)c(C#N)c1C. The normalized spacial score (nSPS) is 15.4. The van der Waals surface area contributed by atoms with E-state index in [1.165, 1.54) is 25.7 Å². The number of aryl methyl sites for hydroxylation is 1. The molecule has 0 aliphatic heterocycles. The van der Waals surface area contributed by atoms with Crippen LogP contribution < -0.4 is 4.90 Å². The summed E-state index contributed by atoms with van der Waals surface area (Å²) in [5.74, 6) is 1.45. The summed E-state index contributed by atoms with van der Waals surface area (Å²) in [7, 11) is 0. The summed E-state index contributed by atoms with van der Waals surface area (Å²) in [5, 5.41) is 18.2. The molecule has 114 valence electrons. The molecule has 1 fully saturated rings. The molecule has 0 radical (unpaired) electrons. The Morgan fingerprint density at radius 1 is 1.24 bits per heavy atom. The van der Waals surface area contributed by atoms with Gasteiger partial charge in [-0.3, -0.25) is 0 Å². The molecule has 2 rings (SSSR count). The van der Waals surface area contributed by atoms with E-state index < -0.39 is 0 Å². The number of nitriles is 1. The van der Waals surface area contributed by atoms with E-state index in [9.17, 15) is 5.26 Å². The molecule has 1 aromatic rings. The number of nitrogens with zero attached hydrogens (tertiary/aromatic N) is 4. The summed E-state index contributed by atoms with van der Waals surface area (Å²) >= 11 is 0. The highest BCUT2D eigenvalue weighted by Crippen LogP contribution is 2.30. The largest absolute Gasteiger partial charge is 0.351 e. The maximum absolute atomic E-state index is 9.55. The Morgan fingerprint density at radius 3 is 2.48 bits per heavy atom. The van der Waals surface area contributed by atoms with Crippen LogP contribution in [-0.4, -0.2) is 22.8 Å². The quantitative estimate of drug-likeness (QED) is 0.827. The predicted octanol–water partition coefficient (Wildman–Crippen LogP) is 3.76. The third-order valence-corrected chi connectivity index (χ3v) is 4.53. The Morgan fingerprint density at radius 2 is 1.90 bits per heavy atom. The third-order valence-electron chi connectivity index (χ3n) is 4.53. The van der Waals surface area contributed by atoms with E-state index in [0.717, 1.165) is 30.0 Å². The summed E-state index contributed by atoms with van der Waals surface area (Å²) in [6.07, 6.45) is 6.09. The van der Waals surface area contributed by atoms with Crippen molar-refractivity contribution in [2.45, 2.75) is 65.8 Å². The molecular formula is C17H26N4. The molecule has 0 N–H and O–H groups in total. The van der Waals surface area contributed by atoms with Crippen LogP contribution in [0.3, 0.4) is 0 Å². The van der Waals surface area contributed by atoms with E-state index in [-0.39, 0.29) is 0 Å². The number of hydrogen-bond acceptors (Lipinski definition) is 4. The lowest BCUT2D eigenvalue weighted by Gasteiger charge is -2.31. The lowest BCUT2D eigenvalue weighted by atomic mass is 10.1. The van der Waals surface area contributed by atoms with Gasteiger partial charge in [-0.2, -0.15) is 10.4 Å². The zero-order valence-electron chi connectivity index (χ0n) is 13.7. The second kappa shape index (κ2) is 6.89. The second-order valence-electron chi connectivity index (χ2n) is 6.54. The molecule has 4 heteroatoms. The van der Waals surface area contributed by atoms with E-state index in [1.807, 2.05) is 13.8 Å². The van der Waals surface area contributed by atoms with Gasteiger partial charge in [-0.25, -0.2) is 0 Å². The molecule has 1 aliphatic rings. The van der Waals surface area contributed by atoms with Gasteiger partial charge in [0, 0.05) is 12.6 Å². The van der Waals surface area contributed by atoms with Crippen LogP contribution >= 0.6 is 0 Å². The van der Waals surface area contributed by atoms with Crippen LogP contribution in [0.2, 0.25) is 0 Å². The minimum atomic E-state index is 0.521. The average molecular weight is 286 g/mol. The molecular weight excluding hydrogens is 260 g/mol. The van der Waals surface area contributed by atoms with Crippen molar-refractivity contribution < 1.29 is 0 Å². The molecule has 0 bridgehead atoms. The number of aromatic nitrogens is 2. The van der Waals surface area contributed by atoms with E-state index >= 15 is 0 Å². The van der Waals surface area contributed by atoms with Gasteiger partial charge in [-0.15, -0.1) is 5.10 Å². The number of hydrogen-bond donors (Lipinski definition) is 0. The summed E-state index contributed by atoms with van der Waals surface area (Å²) in [4.78, 5) is 2.35. The van der Waals surface area contributed by atoms with Gasteiger partial charge < -0.3 is 4.90 Å². The van der Waals surface area contributed by atoms with Crippen LogP contribution in [0, 0.1) is 31.1 Å². The van der Waals surface area contributed by atoms with Gasteiger partial charge in [-0.05, 0) is 44.6 Å². The minimum absolute atomic E-state index is 0.521. The molecule has 21 heavy (non-hydrogen) atoms. The van der Waals surface area contributed by atoms with E-state index in [1.54, 1.807) is 0 Å². The van der Waals surface area contributed by atoms with Crippen LogP contribution in [0.1, 0.15) is 62.8 Å². The number of rotatable bonds is 5. The van der Waals surface area contributed by atoms with Crippen molar-refractivity contribution >= 4 is 5.82 Å². The molecule has 0 spiro atoms. The van der Waals surface area contributed by atoms with E-state index in [4.69, 9.17) is 0 Å². The third kappa shape index (κ3) is 3.53. The lowest BCUT2D eigenvalue weighted by Crippen LogP contribution is -2.36. The zero-order valence-corrected chi connectivity index (χ0v) is 13.7.